The maximum atomic E-state index is 13.3. The molecule has 0 aliphatic carbocycles. The second-order valence-corrected chi connectivity index (χ2v) is 3.24. The van der Waals surface area contributed by atoms with Gasteiger partial charge in [0.15, 0.2) is 0 Å². The number of likely N-dealkylation sites (N-methyl/N-ethyl adjacent to an activating group) is 1. The molecular formula is C11H13FN2O3. The minimum atomic E-state index is -0.846. The molecule has 92 valence electrons. The topological polar surface area (TPSA) is 59.5 Å². The van der Waals surface area contributed by atoms with Gasteiger partial charge in [-0.3, -0.25) is 9.59 Å². The lowest BCUT2D eigenvalue weighted by molar-refractivity contribution is -0.141. The van der Waals surface area contributed by atoms with Crippen molar-refractivity contribution in [2.24, 2.45) is 0 Å². The van der Waals surface area contributed by atoms with E-state index in [1.165, 1.54) is 30.3 Å². The summed E-state index contributed by atoms with van der Waals surface area (Å²) < 4.78 is 17.7. The van der Waals surface area contributed by atoms with Crippen molar-refractivity contribution in [3.05, 3.63) is 29.8 Å². The summed E-state index contributed by atoms with van der Waals surface area (Å²) in [6.07, 6.45) is 1.25. The number of pyridine rings is 1. The number of esters is 1. The normalized spacial score (nSPS) is 9.82. The van der Waals surface area contributed by atoms with Crippen LogP contribution in [0.25, 0.3) is 0 Å². The fraction of sp³-hybridized carbons (Fsp3) is 0.364. The summed E-state index contributed by atoms with van der Waals surface area (Å²) in [6.45, 7) is 1.76. The third kappa shape index (κ3) is 3.24. The lowest BCUT2D eigenvalue weighted by Gasteiger charge is -2.19. The number of halogens is 1. The molecule has 5 nitrogen and oxygen atoms in total. The predicted molar refractivity (Wildman–Crippen MR) is 57.8 cm³/mol. The first kappa shape index (κ1) is 13.1. The van der Waals surface area contributed by atoms with E-state index in [1.807, 2.05) is 0 Å². The van der Waals surface area contributed by atoms with Crippen molar-refractivity contribution in [3.8, 4) is 0 Å². The van der Waals surface area contributed by atoms with Crippen molar-refractivity contribution >= 4 is 11.9 Å². The van der Waals surface area contributed by atoms with E-state index >= 15 is 0 Å². The van der Waals surface area contributed by atoms with Crippen molar-refractivity contribution in [1.29, 1.82) is 0 Å². The van der Waals surface area contributed by atoms with E-state index in [-0.39, 0.29) is 18.7 Å². The quantitative estimate of drug-likeness (QED) is 0.578. The molecule has 1 aromatic heterocycles. The zero-order valence-corrected chi connectivity index (χ0v) is 9.64. The molecule has 0 aliphatic heterocycles. The summed E-state index contributed by atoms with van der Waals surface area (Å²) in [7, 11) is 1.23. The summed E-state index contributed by atoms with van der Waals surface area (Å²) in [6, 6.07) is 2.78. The number of aromatic nitrogens is 1. The number of ether oxygens (including phenoxy) is 1. The lowest BCUT2D eigenvalue weighted by atomic mass is 10.2. The Hall–Kier alpha value is -1.98. The smallest absolute Gasteiger partial charge is 0.325 e. The van der Waals surface area contributed by atoms with Gasteiger partial charge in [0.2, 0.25) is 5.95 Å². The first-order valence-electron chi connectivity index (χ1n) is 5.06. The van der Waals surface area contributed by atoms with Crippen LogP contribution in [0.4, 0.5) is 4.39 Å². The van der Waals surface area contributed by atoms with Gasteiger partial charge >= 0.3 is 5.97 Å². The fourth-order valence-corrected chi connectivity index (χ4v) is 1.26. The van der Waals surface area contributed by atoms with Gasteiger partial charge in [-0.1, -0.05) is 0 Å². The van der Waals surface area contributed by atoms with E-state index < -0.39 is 17.8 Å². The van der Waals surface area contributed by atoms with Crippen LogP contribution in [-0.2, 0) is 9.53 Å². The Balaban J connectivity index is 2.87. The highest BCUT2D eigenvalue weighted by atomic mass is 19.1. The Morgan fingerprint density at radius 1 is 1.53 bits per heavy atom. The summed E-state index contributed by atoms with van der Waals surface area (Å²) in [4.78, 5) is 27.5. The molecule has 17 heavy (non-hydrogen) atoms. The van der Waals surface area contributed by atoms with Gasteiger partial charge in [-0.15, -0.1) is 0 Å². The molecule has 0 fully saturated rings. The molecule has 1 heterocycles. The number of carbonyl (C=O) groups is 2. The van der Waals surface area contributed by atoms with Gasteiger partial charge in [0.05, 0.1) is 12.7 Å². The van der Waals surface area contributed by atoms with E-state index in [2.05, 4.69) is 9.72 Å². The van der Waals surface area contributed by atoms with Crippen LogP contribution in [-0.4, -0.2) is 42.0 Å². The minimum Gasteiger partial charge on any atom is -0.468 e. The van der Waals surface area contributed by atoms with Crippen LogP contribution in [0.3, 0.4) is 0 Å². The Kier molecular flexibility index (Phi) is 4.56. The average Bonchev–Trinajstić information content (AvgIpc) is 2.35. The number of rotatable bonds is 4. The van der Waals surface area contributed by atoms with Gasteiger partial charge in [0.25, 0.3) is 5.91 Å². The molecule has 1 amide bonds. The summed E-state index contributed by atoms with van der Waals surface area (Å²) in [5, 5.41) is 0. The first-order valence-corrected chi connectivity index (χ1v) is 5.06. The summed E-state index contributed by atoms with van der Waals surface area (Å²) in [5.74, 6) is -1.98. The molecule has 0 saturated carbocycles. The summed E-state index contributed by atoms with van der Waals surface area (Å²) in [5.41, 5.74) is -0.154. The maximum Gasteiger partial charge on any atom is 0.325 e. The lowest BCUT2D eigenvalue weighted by Crippen LogP contribution is -2.36. The van der Waals surface area contributed by atoms with Crippen molar-refractivity contribution < 1.29 is 18.7 Å². The zero-order valence-electron chi connectivity index (χ0n) is 9.64. The van der Waals surface area contributed by atoms with Crippen LogP contribution < -0.4 is 0 Å². The fourth-order valence-electron chi connectivity index (χ4n) is 1.26. The number of hydrogen-bond acceptors (Lipinski definition) is 4. The molecule has 0 saturated heterocycles. The largest absolute Gasteiger partial charge is 0.468 e. The molecule has 1 aromatic rings. The molecule has 0 aromatic carbocycles. The molecule has 0 N–H and O–H groups in total. The van der Waals surface area contributed by atoms with E-state index in [9.17, 15) is 14.0 Å². The van der Waals surface area contributed by atoms with Crippen LogP contribution in [0.2, 0.25) is 0 Å². The van der Waals surface area contributed by atoms with Crippen molar-refractivity contribution in [3.63, 3.8) is 0 Å². The number of nitrogens with zero attached hydrogens (tertiary/aromatic N) is 2. The maximum absolute atomic E-state index is 13.3. The van der Waals surface area contributed by atoms with Gasteiger partial charge in [-0.05, 0) is 19.1 Å². The van der Waals surface area contributed by atoms with Gasteiger partial charge in [0, 0.05) is 12.7 Å². The molecule has 1 rings (SSSR count). The standard InChI is InChI=1S/C11H13FN2O3/c1-3-14(7-9(15)17-2)11(16)8-5-4-6-13-10(8)12/h4-6H,3,7H2,1-2H3. The number of amides is 1. The van der Waals surface area contributed by atoms with Crippen molar-refractivity contribution in [1.82, 2.24) is 9.88 Å². The van der Waals surface area contributed by atoms with Gasteiger partial charge < -0.3 is 9.64 Å². The Morgan fingerprint density at radius 3 is 2.76 bits per heavy atom. The number of methoxy groups -OCH3 is 1. The summed E-state index contributed by atoms with van der Waals surface area (Å²) >= 11 is 0. The third-order valence-electron chi connectivity index (χ3n) is 2.21. The third-order valence-corrected chi connectivity index (χ3v) is 2.21. The van der Waals surface area contributed by atoms with Crippen LogP contribution in [0.1, 0.15) is 17.3 Å². The number of hydrogen-bond donors (Lipinski definition) is 0. The van der Waals surface area contributed by atoms with Crippen LogP contribution in [0.5, 0.6) is 0 Å². The number of carbonyl (C=O) groups excluding carboxylic acids is 2. The van der Waals surface area contributed by atoms with E-state index in [1.54, 1.807) is 6.92 Å². The predicted octanol–water partition coefficient (Wildman–Crippen LogP) is 0.856. The van der Waals surface area contributed by atoms with E-state index in [0.717, 1.165) is 0 Å². The molecule has 0 bridgehead atoms. The molecule has 6 heteroatoms. The van der Waals surface area contributed by atoms with E-state index in [0.29, 0.717) is 0 Å². The van der Waals surface area contributed by atoms with Gasteiger partial charge in [-0.25, -0.2) is 4.98 Å². The van der Waals surface area contributed by atoms with Crippen LogP contribution >= 0.6 is 0 Å². The average molecular weight is 240 g/mol. The van der Waals surface area contributed by atoms with Crippen LogP contribution in [0.15, 0.2) is 18.3 Å². The second-order valence-electron chi connectivity index (χ2n) is 3.24. The highest BCUT2D eigenvalue weighted by Crippen LogP contribution is 2.07. The Labute approximate surface area is 98.2 Å². The molecule has 0 unspecified atom stereocenters. The Morgan fingerprint density at radius 2 is 2.24 bits per heavy atom. The molecule has 0 radical (unpaired) electrons. The van der Waals surface area contributed by atoms with Gasteiger partial charge in [0.1, 0.15) is 6.54 Å². The van der Waals surface area contributed by atoms with Gasteiger partial charge in [-0.2, -0.15) is 4.39 Å². The van der Waals surface area contributed by atoms with Crippen molar-refractivity contribution in [2.45, 2.75) is 6.92 Å². The minimum absolute atomic E-state index is 0.154. The molecular weight excluding hydrogens is 227 g/mol. The molecule has 0 spiro atoms. The monoisotopic (exact) mass is 240 g/mol. The van der Waals surface area contributed by atoms with Crippen molar-refractivity contribution in [2.75, 3.05) is 20.2 Å². The Bertz CT molecular complexity index is 423. The first-order chi connectivity index (χ1) is 8.10. The zero-order chi connectivity index (χ0) is 12.8. The second kappa shape index (κ2) is 5.93. The molecule has 0 aliphatic rings. The van der Waals surface area contributed by atoms with E-state index in [4.69, 9.17) is 0 Å². The van der Waals surface area contributed by atoms with Crippen LogP contribution in [0, 0.1) is 5.95 Å². The highest BCUT2D eigenvalue weighted by molar-refractivity contribution is 5.95. The SMILES string of the molecule is CCN(CC(=O)OC)C(=O)c1cccnc1F. The molecule has 0 atom stereocenters. The highest BCUT2D eigenvalue weighted by Gasteiger charge is 2.20.